The number of ether oxygens (including phenoxy) is 1. The van der Waals surface area contributed by atoms with E-state index in [0.29, 0.717) is 24.4 Å². The van der Waals surface area contributed by atoms with Gasteiger partial charge in [-0.1, -0.05) is 12.1 Å². The summed E-state index contributed by atoms with van der Waals surface area (Å²) in [7, 11) is 1.39. The Morgan fingerprint density at radius 2 is 2.00 bits per heavy atom. The highest BCUT2D eigenvalue weighted by atomic mass is 79.9. The summed E-state index contributed by atoms with van der Waals surface area (Å²) in [5.74, 6) is -0.151. The fourth-order valence-corrected chi connectivity index (χ4v) is 7.23. The zero-order valence-electron chi connectivity index (χ0n) is 16.3. The first-order chi connectivity index (χ1) is 15.0. The van der Waals surface area contributed by atoms with E-state index in [9.17, 15) is 9.59 Å². The van der Waals surface area contributed by atoms with Gasteiger partial charge in [0.1, 0.15) is 10.0 Å². The molecule has 0 unspecified atom stereocenters. The molecular weight excluding hydrogens is 518 g/mol. The summed E-state index contributed by atoms with van der Waals surface area (Å²) < 4.78 is 6.91. The molecule has 1 N–H and O–H groups in total. The number of anilines is 1. The maximum absolute atomic E-state index is 12.9. The highest BCUT2D eigenvalue weighted by molar-refractivity contribution is 9.11. The van der Waals surface area contributed by atoms with Gasteiger partial charge in [0.05, 0.1) is 32.5 Å². The van der Waals surface area contributed by atoms with Crippen LogP contribution in [0.25, 0.3) is 20.8 Å². The van der Waals surface area contributed by atoms with Crippen LogP contribution < -0.4 is 5.32 Å². The number of carbonyl (C=O) groups is 2. The third-order valence-corrected chi connectivity index (χ3v) is 8.83. The predicted octanol–water partition coefficient (Wildman–Crippen LogP) is 6.23. The molecule has 6 nitrogen and oxygen atoms in total. The Morgan fingerprint density at radius 1 is 1.16 bits per heavy atom. The molecule has 4 aromatic rings. The molecule has 5 rings (SSSR count). The average Bonchev–Trinajstić information content (AvgIpc) is 3.48. The third-order valence-electron chi connectivity index (χ3n) is 5.02. The topological polar surface area (TPSA) is 71.5 Å². The number of fused-ring (bicyclic) bond motifs is 2. The highest BCUT2D eigenvalue weighted by Gasteiger charge is 2.30. The molecule has 31 heavy (non-hydrogen) atoms. The number of rotatable bonds is 3. The van der Waals surface area contributed by atoms with Crippen LogP contribution >= 0.6 is 49.9 Å². The molecule has 0 spiro atoms. The first-order valence-corrected chi connectivity index (χ1v) is 12.7. The Morgan fingerprint density at radius 3 is 2.74 bits per heavy atom. The van der Waals surface area contributed by atoms with Gasteiger partial charge >= 0.3 is 6.09 Å². The average molecular weight is 534 g/mol. The monoisotopic (exact) mass is 533 g/mol. The largest absolute Gasteiger partial charge is 0.453 e. The number of thiazole rings is 1. The molecule has 3 aromatic heterocycles. The zero-order valence-corrected chi connectivity index (χ0v) is 20.3. The standard InChI is InChI=1S/C21H16BrN3O3S3/c1-28-21(27)25-9-8-11-15(10-25)31-20(24-18(26)14-6-7-16(22)29-14)17(11)19-23-12-4-2-3-5-13(12)30-19/h2-7H,8-10H2,1H3,(H,24,26). The number of nitrogens with zero attached hydrogens (tertiary/aromatic N) is 2. The fraction of sp³-hybridized carbons (Fsp3) is 0.190. The van der Waals surface area contributed by atoms with E-state index < -0.39 is 0 Å². The summed E-state index contributed by atoms with van der Waals surface area (Å²) >= 11 is 7.92. The van der Waals surface area contributed by atoms with E-state index in [1.54, 1.807) is 22.3 Å². The number of thiophene rings is 2. The van der Waals surface area contributed by atoms with Gasteiger partial charge in [-0.15, -0.1) is 34.0 Å². The van der Waals surface area contributed by atoms with Gasteiger partial charge in [-0.2, -0.15) is 0 Å². The van der Waals surface area contributed by atoms with Crippen molar-refractivity contribution in [3.05, 3.63) is 55.5 Å². The SMILES string of the molecule is COC(=O)N1CCc2c(sc(NC(=O)c3ccc(Br)s3)c2-c2nc3ccccc3s2)C1. The fourth-order valence-electron chi connectivity index (χ4n) is 3.58. The van der Waals surface area contributed by atoms with Crippen molar-refractivity contribution in [2.24, 2.45) is 0 Å². The number of aromatic nitrogens is 1. The van der Waals surface area contributed by atoms with Crippen molar-refractivity contribution in [2.75, 3.05) is 19.0 Å². The molecule has 1 aliphatic rings. The Bertz CT molecular complexity index is 1280. The van der Waals surface area contributed by atoms with Crippen LogP contribution in [0.4, 0.5) is 9.80 Å². The third kappa shape index (κ3) is 3.89. The molecule has 0 bridgehead atoms. The summed E-state index contributed by atoms with van der Waals surface area (Å²) in [6.45, 7) is 1.03. The van der Waals surface area contributed by atoms with Crippen molar-refractivity contribution in [1.82, 2.24) is 9.88 Å². The van der Waals surface area contributed by atoms with Crippen molar-refractivity contribution >= 4 is 77.2 Å². The number of carbonyl (C=O) groups excluding carboxylic acids is 2. The highest BCUT2D eigenvalue weighted by Crippen LogP contribution is 2.46. The van der Waals surface area contributed by atoms with E-state index in [1.807, 2.05) is 24.3 Å². The van der Waals surface area contributed by atoms with Crippen LogP contribution in [0.1, 0.15) is 20.1 Å². The number of para-hydroxylation sites is 1. The molecule has 0 fully saturated rings. The molecule has 10 heteroatoms. The Hall–Kier alpha value is -2.27. The zero-order chi connectivity index (χ0) is 21.5. The first kappa shape index (κ1) is 20.6. The van der Waals surface area contributed by atoms with Crippen molar-refractivity contribution in [2.45, 2.75) is 13.0 Å². The minimum absolute atomic E-state index is 0.151. The minimum atomic E-state index is -0.338. The van der Waals surface area contributed by atoms with Crippen LogP contribution in [0, 0.1) is 0 Å². The number of methoxy groups -OCH3 is 1. The van der Waals surface area contributed by atoms with Crippen molar-refractivity contribution < 1.29 is 14.3 Å². The molecule has 1 aromatic carbocycles. The number of hydrogen-bond donors (Lipinski definition) is 1. The lowest BCUT2D eigenvalue weighted by Gasteiger charge is -2.25. The van der Waals surface area contributed by atoms with E-state index in [2.05, 4.69) is 27.3 Å². The second-order valence-corrected chi connectivity index (χ2v) is 11.5. The van der Waals surface area contributed by atoms with Gasteiger partial charge < -0.3 is 15.0 Å². The van der Waals surface area contributed by atoms with Crippen LogP contribution in [-0.4, -0.2) is 35.5 Å². The van der Waals surface area contributed by atoms with Gasteiger partial charge in [-0.3, -0.25) is 4.79 Å². The second-order valence-electron chi connectivity index (χ2n) is 6.89. The van der Waals surface area contributed by atoms with E-state index in [1.165, 1.54) is 29.8 Å². The lowest BCUT2D eigenvalue weighted by Crippen LogP contribution is -2.35. The van der Waals surface area contributed by atoms with Crippen molar-refractivity contribution in [3.63, 3.8) is 0 Å². The summed E-state index contributed by atoms with van der Waals surface area (Å²) in [6.07, 6.45) is 0.349. The van der Waals surface area contributed by atoms with Crippen LogP contribution in [0.5, 0.6) is 0 Å². The Balaban J connectivity index is 1.58. The summed E-state index contributed by atoms with van der Waals surface area (Å²) in [6, 6.07) is 11.7. The molecule has 4 heterocycles. The predicted molar refractivity (Wildman–Crippen MR) is 129 cm³/mol. The molecule has 1 aliphatic heterocycles. The lowest BCUT2D eigenvalue weighted by atomic mass is 10.0. The quantitative estimate of drug-likeness (QED) is 0.339. The van der Waals surface area contributed by atoms with Gasteiger partial charge in [0.25, 0.3) is 5.91 Å². The summed E-state index contributed by atoms with van der Waals surface area (Å²) in [5, 5.41) is 4.75. The minimum Gasteiger partial charge on any atom is -0.453 e. The van der Waals surface area contributed by atoms with Crippen molar-refractivity contribution in [1.29, 1.82) is 0 Å². The van der Waals surface area contributed by atoms with E-state index in [4.69, 9.17) is 9.72 Å². The molecule has 0 saturated carbocycles. The number of nitrogens with one attached hydrogen (secondary N) is 1. The van der Waals surface area contributed by atoms with Gasteiger partial charge in [0.15, 0.2) is 0 Å². The number of hydrogen-bond acceptors (Lipinski definition) is 7. The Kier molecular flexibility index (Phi) is 5.55. The number of benzene rings is 1. The second kappa shape index (κ2) is 8.34. The Labute approximate surface area is 198 Å². The molecule has 2 amide bonds. The molecule has 0 radical (unpaired) electrons. The maximum Gasteiger partial charge on any atom is 0.409 e. The summed E-state index contributed by atoms with van der Waals surface area (Å²) in [5.41, 5.74) is 3.05. The van der Waals surface area contributed by atoms with E-state index >= 15 is 0 Å². The van der Waals surface area contributed by atoms with Crippen LogP contribution in [0.3, 0.4) is 0 Å². The van der Waals surface area contributed by atoms with Gasteiger partial charge in [-0.05, 0) is 52.2 Å². The number of halogens is 1. The van der Waals surface area contributed by atoms with Gasteiger partial charge in [0, 0.05) is 17.0 Å². The maximum atomic E-state index is 12.9. The summed E-state index contributed by atoms with van der Waals surface area (Å²) in [4.78, 5) is 33.1. The van der Waals surface area contributed by atoms with Crippen LogP contribution in [0.15, 0.2) is 40.2 Å². The number of amides is 2. The first-order valence-electron chi connectivity index (χ1n) is 9.43. The van der Waals surface area contributed by atoms with Gasteiger partial charge in [0.2, 0.25) is 0 Å². The molecule has 158 valence electrons. The smallest absolute Gasteiger partial charge is 0.409 e. The normalized spacial score (nSPS) is 13.3. The molecular formula is C21H16BrN3O3S3. The van der Waals surface area contributed by atoms with Crippen LogP contribution in [0.2, 0.25) is 0 Å². The van der Waals surface area contributed by atoms with Crippen LogP contribution in [-0.2, 0) is 17.7 Å². The van der Waals surface area contributed by atoms with E-state index in [-0.39, 0.29) is 12.0 Å². The molecule has 0 saturated heterocycles. The van der Waals surface area contributed by atoms with Gasteiger partial charge in [-0.25, -0.2) is 9.78 Å². The lowest BCUT2D eigenvalue weighted by molar-refractivity contribution is 0.103. The van der Waals surface area contributed by atoms with E-state index in [0.717, 1.165) is 40.0 Å². The molecule has 0 aliphatic carbocycles. The van der Waals surface area contributed by atoms with Crippen molar-refractivity contribution in [3.8, 4) is 10.6 Å². The molecule has 0 atom stereocenters.